The van der Waals surface area contributed by atoms with Crippen LogP contribution in [0, 0.1) is 0 Å². The summed E-state index contributed by atoms with van der Waals surface area (Å²) in [5, 5.41) is 0.655. The fraction of sp³-hybridized carbons (Fsp3) is 0.136. The van der Waals surface area contributed by atoms with Crippen LogP contribution in [0.15, 0.2) is 71.6 Å². The topological polar surface area (TPSA) is 83.7 Å². The molecule has 146 valence electrons. The lowest BCUT2D eigenvalue weighted by atomic mass is 10.2. The summed E-state index contributed by atoms with van der Waals surface area (Å²) in [5.41, 5.74) is 2.69. The second-order valence-electron chi connectivity index (χ2n) is 6.23. The van der Waals surface area contributed by atoms with E-state index in [0.717, 1.165) is 5.56 Å². The number of nitrogens with zero attached hydrogens (tertiary/aromatic N) is 2. The summed E-state index contributed by atoms with van der Waals surface area (Å²) >= 11 is 0. The van der Waals surface area contributed by atoms with E-state index in [9.17, 15) is 4.79 Å². The molecule has 4 aromatic rings. The molecule has 0 aliphatic rings. The molecule has 0 saturated carbocycles. The van der Waals surface area contributed by atoms with E-state index in [0.29, 0.717) is 47.1 Å². The van der Waals surface area contributed by atoms with Crippen LogP contribution < -0.4 is 4.74 Å². The van der Waals surface area contributed by atoms with Gasteiger partial charge in [0.1, 0.15) is 29.5 Å². The van der Waals surface area contributed by atoms with E-state index in [1.165, 1.54) is 19.7 Å². The lowest BCUT2D eigenvalue weighted by Gasteiger charge is -2.07. The average Bonchev–Trinajstić information content (AvgIpc) is 3.17. The summed E-state index contributed by atoms with van der Waals surface area (Å²) < 4.78 is 21.7. The smallest absolute Gasteiger partial charge is 0.341 e. The molecule has 0 saturated heterocycles. The van der Waals surface area contributed by atoms with E-state index < -0.39 is 5.97 Å². The van der Waals surface area contributed by atoms with Crippen molar-refractivity contribution in [1.82, 2.24) is 9.97 Å². The van der Waals surface area contributed by atoms with E-state index in [1.54, 1.807) is 24.3 Å². The molecule has 0 aliphatic heterocycles. The number of aromatic nitrogens is 2. The Morgan fingerprint density at radius 1 is 1.03 bits per heavy atom. The highest BCUT2D eigenvalue weighted by Gasteiger charge is 2.15. The predicted octanol–water partition coefficient (Wildman–Crippen LogP) is 4.52. The molecule has 0 amide bonds. The number of fused-ring (bicyclic) bond motifs is 1. The van der Waals surface area contributed by atoms with Gasteiger partial charge in [0.2, 0.25) is 5.88 Å². The molecule has 2 aromatic heterocycles. The van der Waals surface area contributed by atoms with Crippen LogP contribution in [-0.4, -0.2) is 23.0 Å². The minimum absolute atomic E-state index is 0.341. The quantitative estimate of drug-likeness (QED) is 0.429. The lowest BCUT2D eigenvalue weighted by Crippen LogP contribution is -1.99. The van der Waals surface area contributed by atoms with E-state index in [4.69, 9.17) is 18.6 Å². The first kappa shape index (κ1) is 18.6. The number of hydrogen-bond acceptors (Lipinski definition) is 7. The van der Waals surface area contributed by atoms with Crippen LogP contribution in [0.5, 0.6) is 11.6 Å². The van der Waals surface area contributed by atoms with Gasteiger partial charge in [-0.25, -0.2) is 14.8 Å². The Bertz CT molecular complexity index is 1120. The molecule has 0 aliphatic carbocycles. The summed E-state index contributed by atoms with van der Waals surface area (Å²) in [6.07, 6.45) is 2.80. The van der Waals surface area contributed by atoms with Crippen LogP contribution in [0.4, 0.5) is 0 Å². The largest absolute Gasteiger partial charge is 0.465 e. The third kappa shape index (κ3) is 4.41. The first-order valence-electron chi connectivity index (χ1n) is 8.93. The molecule has 7 nitrogen and oxygen atoms in total. The Balaban J connectivity index is 1.43. The van der Waals surface area contributed by atoms with Crippen molar-refractivity contribution in [2.45, 2.75) is 13.2 Å². The van der Waals surface area contributed by atoms with Gasteiger partial charge in [-0.1, -0.05) is 30.3 Å². The fourth-order valence-electron chi connectivity index (χ4n) is 2.82. The number of methoxy groups -OCH3 is 1. The van der Waals surface area contributed by atoms with Crippen LogP contribution in [0.1, 0.15) is 21.6 Å². The van der Waals surface area contributed by atoms with E-state index in [-0.39, 0.29) is 0 Å². The van der Waals surface area contributed by atoms with Gasteiger partial charge < -0.3 is 18.6 Å². The Morgan fingerprint density at radius 3 is 2.72 bits per heavy atom. The molecule has 29 heavy (non-hydrogen) atoms. The summed E-state index contributed by atoms with van der Waals surface area (Å²) in [7, 11) is 1.33. The Kier molecular flexibility index (Phi) is 5.49. The van der Waals surface area contributed by atoms with Gasteiger partial charge >= 0.3 is 5.97 Å². The van der Waals surface area contributed by atoms with Gasteiger partial charge in [0.15, 0.2) is 0 Å². The minimum atomic E-state index is -0.451. The average molecular weight is 390 g/mol. The summed E-state index contributed by atoms with van der Waals surface area (Å²) in [5.74, 6) is 0.462. The molecule has 0 N–H and O–H groups in total. The third-order valence-electron chi connectivity index (χ3n) is 4.23. The maximum absolute atomic E-state index is 11.7. The normalized spacial score (nSPS) is 10.8. The standard InChI is InChI=1S/C22H18N2O5/c1-26-22(25)19-13-28-20-10-17(7-8-18(19)20)29-21-9-16(23-14-24-21)12-27-11-15-5-3-2-4-6-15/h2-10,13-14H,11-12H2,1H3. The van der Waals surface area contributed by atoms with Crippen molar-refractivity contribution in [2.24, 2.45) is 0 Å². The monoisotopic (exact) mass is 390 g/mol. The van der Waals surface area contributed by atoms with Gasteiger partial charge in [-0.05, 0) is 17.7 Å². The molecule has 7 heteroatoms. The second kappa shape index (κ2) is 8.53. The van der Waals surface area contributed by atoms with Crippen molar-refractivity contribution in [3.8, 4) is 11.6 Å². The summed E-state index contributed by atoms with van der Waals surface area (Å²) in [6.45, 7) is 0.839. The molecule has 4 rings (SSSR count). The minimum Gasteiger partial charge on any atom is -0.465 e. The second-order valence-corrected chi connectivity index (χ2v) is 6.23. The number of esters is 1. The highest BCUT2D eigenvalue weighted by atomic mass is 16.5. The van der Waals surface area contributed by atoms with Crippen molar-refractivity contribution >= 4 is 16.9 Å². The molecule has 0 fully saturated rings. The van der Waals surface area contributed by atoms with Crippen LogP contribution in [0.25, 0.3) is 11.0 Å². The SMILES string of the molecule is COC(=O)c1coc2cc(Oc3cc(COCc4ccccc4)ncn3)ccc12. The van der Waals surface area contributed by atoms with Crippen molar-refractivity contribution < 1.29 is 23.4 Å². The van der Waals surface area contributed by atoms with E-state index in [2.05, 4.69) is 9.97 Å². The number of benzene rings is 2. The molecule has 0 unspecified atom stereocenters. The van der Waals surface area contributed by atoms with Crippen LogP contribution in [0.3, 0.4) is 0 Å². The van der Waals surface area contributed by atoms with Gasteiger partial charge in [-0.2, -0.15) is 0 Å². The molecule has 0 spiro atoms. The van der Waals surface area contributed by atoms with Crippen molar-refractivity contribution in [1.29, 1.82) is 0 Å². The zero-order valence-electron chi connectivity index (χ0n) is 15.7. The third-order valence-corrected chi connectivity index (χ3v) is 4.23. The molecule has 0 atom stereocenters. The van der Waals surface area contributed by atoms with Gasteiger partial charge in [0.25, 0.3) is 0 Å². The highest BCUT2D eigenvalue weighted by Crippen LogP contribution is 2.28. The molecular weight excluding hydrogens is 372 g/mol. The first-order chi connectivity index (χ1) is 14.2. The van der Waals surface area contributed by atoms with Crippen LogP contribution in [-0.2, 0) is 22.7 Å². The Labute approximate surface area is 166 Å². The molecular formula is C22H18N2O5. The van der Waals surface area contributed by atoms with E-state index in [1.807, 2.05) is 30.3 Å². The Morgan fingerprint density at radius 2 is 1.90 bits per heavy atom. The van der Waals surface area contributed by atoms with Gasteiger partial charge in [-0.3, -0.25) is 0 Å². The van der Waals surface area contributed by atoms with Gasteiger partial charge in [0.05, 0.1) is 26.0 Å². The van der Waals surface area contributed by atoms with E-state index >= 15 is 0 Å². The number of ether oxygens (including phenoxy) is 3. The molecule has 2 heterocycles. The predicted molar refractivity (Wildman–Crippen MR) is 105 cm³/mol. The van der Waals surface area contributed by atoms with Crippen molar-refractivity contribution in [3.63, 3.8) is 0 Å². The fourth-order valence-corrected chi connectivity index (χ4v) is 2.82. The molecule has 0 bridgehead atoms. The summed E-state index contributed by atoms with van der Waals surface area (Å²) in [6, 6.07) is 16.8. The van der Waals surface area contributed by atoms with Crippen molar-refractivity contribution in [3.05, 3.63) is 84.0 Å². The number of carbonyl (C=O) groups is 1. The molecule has 0 radical (unpaired) electrons. The van der Waals surface area contributed by atoms with Gasteiger partial charge in [0, 0.05) is 17.5 Å². The number of carbonyl (C=O) groups excluding carboxylic acids is 1. The van der Waals surface area contributed by atoms with Crippen LogP contribution >= 0.6 is 0 Å². The molecule has 2 aromatic carbocycles. The van der Waals surface area contributed by atoms with Crippen LogP contribution in [0.2, 0.25) is 0 Å². The first-order valence-corrected chi connectivity index (χ1v) is 8.93. The lowest BCUT2D eigenvalue weighted by molar-refractivity contribution is 0.0602. The van der Waals surface area contributed by atoms with Gasteiger partial charge in [-0.15, -0.1) is 0 Å². The zero-order valence-corrected chi connectivity index (χ0v) is 15.7. The number of rotatable bonds is 7. The number of furan rings is 1. The van der Waals surface area contributed by atoms with Crippen molar-refractivity contribution in [2.75, 3.05) is 7.11 Å². The summed E-state index contributed by atoms with van der Waals surface area (Å²) in [4.78, 5) is 20.1. The highest BCUT2D eigenvalue weighted by molar-refractivity contribution is 6.03. The maximum atomic E-state index is 11.7. The Hall–Kier alpha value is -3.71. The maximum Gasteiger partial charge on any atom is 0.341 e. The zero-order chi connectivity index (χ0) is 20.1. The number of hydrogen-bond donors (Lipinski definition) is 0.